The van der Waals surface area contributed by atoms with Crippen LogP contribution < -0.4 is 15.5 Å². The van der Waals surface area contributed by atoms with Gasteiger partial charge in [-0.15, -0.1) is 5.56 Å². The molecule has 0 spiro atoms. The molecule has 6 nitrogen and oxygen atoms in total. The van der Waals surface area contributed by atoms with Gasteiger partial charge in [-0.2, -0.15) is 36.6 Å². The summed E-state index contributed by atoms with van der Waals surface area (Å²) in [5.74, 6) is 0. The summed E-state index contributed by atoms with van der Waals surface area (Å²) < 4.78 is 41.4. The molecule has 2 heterocycles. The molecule has 1 N–H and O–H groups in total. The molecular weight excluding hydrogens is 1040 g/mol. The zero-order valence-electron chi connectivity index (χ0n) is 43.9. The van der Waals surface area contributed by atoms with Crippen LogP contribution in [-0.2, 0) is 41.2 Å². The Kier molecular flexibility index (Phi) is 30.5. The van der Waals surface area contributed by atoms with Crippen LogP contribution in [0.1, 0.15) is 97.6 Å². The molecule has 4 fully saturated rings. The van der Waals surface area contributed by atoms with Crippen LogP contribution in [0, 0.1) is 40.7 Å². The first-order valence-corrected chi connectivity index (χ1v) is 27.7. The summed E-state index contributed by atoms with van der Waals surface area (Å²) in [6, 6.07) is 42.0. The van der Waals surface area contributed by atoms with Gasteiger partial charge in [-0.3, -0.25) is 0 Å². The van der Waals surface area contributed by atoms with Crippen LogP contribution >= 0.6 is 19.5 Å². The fourth-order valence-electron chi connectivity index (χ4n) is 9.65. The number of aryl methyl sites for hydroxylation is 5. The molecule has 5 aromatic rings. The van der Waals surface area contributed by atoms with E-state index in [0.29, 0.717) is 0 Å². The van der Waals surface area contributed by atoms with Crippen molar-refractivity contribution in [2.24, 2.45) is 0 Å². The number of nitrogens with zero attached hydrogens (tertiary/aromatic N) is 2. The van der Waals surface area contributed by atoms with Crippen molar-refractivity contribution in [3.05, 3.63) is 154 Å². The average Bonchev–Trinajstić information content (AvgIpc) is 3.38. The van der Waals surface area contributed by atoms with E-state index in [-0.39, 0.29) is 26.7 Å². The maximum Gasteiger partial charge on any atom is 0.298 e. The summed E-state index contributed by atoms with van der Waals surface area (Å²) in [5, 5.41) is 5.73. The number of halogens is 4. The summed E-state index contributed by atoms with van der Waals surface area (Å²) in [6.45, 7) is 19.6. The van der Waals surface area contributed by atoms with Crippen molar-refractivity contribution in [1.82, 2.24) is 10.2 Å². The minimum Gasteiger partial charge on any atom is -0.533 e. The molecule has 2 aliphatic carbocycles. The molecule has 0 atom stereocenters. The van der Waals surface area contributed by atoms with Crippen LogP contribution in [0.25, 0.3) is 11.1 Å². The molecule has 0 aromatic heterocycles. The van der Waals surface area contributed by atoms with Gasteiger partial charge in [-0.25, -0.2) is 13.2 Å². The maximum absolute atomic E-state index is 10.4. The number of morpholine rings is 2. The predicted octanol–water partition coefficient (Wildman–Crippen LogP) is 14.1. The normalized spacial score (nSPS) is 16.0. The second kappa shape index (κ2) is 35.0. The van der Waals surface area contributed by atoms with Crippen LogP contribution in [0.5, 0.6) is 0 Å². The Morgan fingerprint density at radius 3 is 1.61 bits per heavy atom. The number of hydrogen-bond donors (Lipinski definition) is 1. The van der Waals surface area contributed by atoms with E-state index >= 15 is 0 Å². The fourth-order valence-corrected chi connectivity index (χ4v) is 14.2. The van der Waals surface area contributed by atoms with Gasteiger partial charge in [0.05, 0.1) is 43.1 Å². The van der Waals surface area contributed by atoms with Gasteiger partial charge in [0.1, 0.15) is 0 Å². The average molecular weight is 1120 g/mol. The molecule has 9 rings (SSSR count). The Morgan fingerprint density at radius 2 is 1.18 bits per heavy atom. The standard InChI is InChI=1S/C27H37P.C11H15NO.C9H12N.C7H7Cl.C4H9NO.C2F3O.Pd/c1-20-18-21(2)27(22(3)19-20)25-16-10-11-17-26(25)28(23-12-6-4-7-13-23)24-14-8-5-9-15-24;1-10-2-4-11(5-3-10)12-6-8-13-9-7-12;1-10(2)8-9-6-4-3-5-7-9;1-6-2-4-7(8)5-3-6;1-3-6-4-2-5-1;3-2(4,5)1-6;/h10-11,16-19,23-24H,4-9,12-15H2,1-3H3;2-5H,6-9H2,1H3;3-6H,8H2,1-2H3;2-5H,1H3;5H,1-4H2;;/q;;-1;;;-1;/p+1. The molecule has 398 valence electrons. The molecule has 0 unspecified atom stereocenters. The van der Waals surface area contributed by atoms with Crippen molar-refractivity contribution in [3.8, 4) is 11.1 Å². The number of alkyl halides is 3. The van der Waals surface area contributed by atoms with Crippen LogP contribution in [0.3, 0.4) is 0 Å². The summed E-state index contributed by atoms with van der Waals surface area (Å²) in [7, 11) is 3.57. The summed E-state index contributed by atoms with van der Waals surface area (Å²) in [6.07, 6.45) is 9.86. The smallest absolute Gasteiger partial charge is 0.298 e. The van der Waals surface area contributed by atoms with E-state index < -0.39 is 14.1 Å². The van der Waals surface area contributed by atoms with Crippen molar-refractivity contribution in [2.45, 2.75) is 123 Å². The summed E-state index contributed by atoms with van der Waals surface area (Å²) in [4.78, 5) is 13.1. The Bertz CT molecular complexity index is 2140. The first kappa shape index (κ1) is 62.9. The van der Waals surface area contributed by atoms with Crippen molar-refractivity contribution < 1.29 is 47.9 Å². The molecule has 4 aliphatic rings. The zero-order valence-corrected chi connectivity index (χ0v) is 47.2. The number of carbonyl (C=O) groups excluding carboxylic acids is 1. The largest absolute Gasteiger partial charge is 0.533 e. The van der Waals surface area contributed by atoms with E-state index in [1.807, 2.05) is 49.4 Å². The number of benzene rings is 5. The molecule has 12 heteroatoms. The Hall–Kier alpha value is -3.42. The van der Waals surface area contributed by atoms with Gasteiger partial charge in [0, 0.05) is 77.3 Å². The van der Waals surface area contributed by atoms with Crippen LogP contribution in [0.4, 0.5) is 18.9 Å². The van der Waals surface area contributed by atoms with Crippen LogP contribution in [0.2, 0.25) is 5.02 Å². The second-order valence-electron chi connectivity index (χ2n) is 19.3. The molecule has 5 aromatic carbocycles. The van der Waals surface area contributed by atoms with E-state index in [4.69, 9.17) is 25.9 Å². The van der Waals surface area contributed by atoms with Crippen molar-refractivity contribution in [1.29, 1.82) is 0 Å². The SMILES string of the molecule is C1COCCN1.CN(C)Cc1[c-]cccc1.Cc1cc(C)c(-c2ccccc2[PH+](C2CCCCC2)C2CCCCC2)c(C)c1.Cc1ccc(Cl)cc1.Cc1ccc(N2CCOCC2)cc1.O=[C-]C(F)(F)F.[Pd]. The summed E-state index contributed by atoms with van der Waals surface area (Å²) >= 11 is 5.61. The molecule has 72 heavy (non-hydrogen) atoms. The number of nitrogens with one attached hydrogen (secondary N) is 1. The fraction of sp³-hybridized carbons (Fsp3) is 0.483. The quantitative estimate of drug-likeness (QED) is 0.0996. The number of hydrogen-bond acceptors (Lipinski definition) is 6. The first-order chi connectivity index (χ1) is 34.1. The van der Waals surface area contributed by atoms with Gasteiger partial charge < -0.3 is 29.4 Å². The minimum atomic E-state index is -4.76. The van der Waals surface area contributed by atoms with Crippen molar-refractivity contribution in [2.75, 3.05) is 71.6 Å². The number of anilines is 1. The van der Waals surface area contributed by atoms with E-state index in [9.17, 15) is 13.2 Å². The topological polar surface area (TPSA) is 54.0 Å². The minimum absolute atomic E-state index is 0. The van der Waals surface area contributed by atoms with Crippen molar-refractivity contribution in [3.63, 3.8) is 0 Å². The van der Waals surface area contributed by atoms with E-state index in [2.05, 4.69) is 130 Å². The molecule has 2 saturated heterocycles. The Morgan fingerprint density at radius 1 is 0.694 bits per heavy atom. The maximum atomic E-state index is 10.4. The molecule has 2 saturated carbocycles. The predicted molar refractivity (Wildman–Crippen MR) is 296 cm³/mol. The van der Waals surface area contributed by atoms with Crippen molar-refractivity contribution >= 4 is 36.8 Å². The van der Waals surface area contributed by atoms with Gasteiger partial charge in [0.25, 0.3) is 6.18 Å². The van der Waals surface area contributed by atoms with Gasteiger partial charge in [0.15, 0.2) is 0 Å². The van der Waals surface area contributed by atoms with Gasteiger partial charge in [-0.05, 0) is 147 Å². The third-order valence-electron chi connectivity index (χ3n) is 12.9. The molecule has 0 amide bonds. The van der Waals surface area contributed by atoms with Gasteiger partial charge in [-0.1, -0.05) is 95.7 Å². The third-order valence-corrected chi connectivity index (χ3v) is 17.1. The Labute approximate surface area is 451 Å². The van der Waals surface area contributed by atoms with E-state index in [1.165, 1.54) is 109 Å². The molecule has 0 radical (unpaired) electrons. The van der Waals surface area contributed by atoms with Crippen LogP contribution in [-0.4, -0.2) is 95.4 Å². The Balaban J connectivity index is 0.000000258. The van der Waals surface area contributed by atoms with Gasteiger partial charge in [0.2, 0.25) is 0 Å². The number of rotatable bonds is 7. The zero-order chi connectivity index (χ0) is 51.4. The van der Waals surface area contributed by atoms with E-state index in [0.717, 1.165) is 75.5 Å². The first-order valence-electron chi connectivity index (χ1n) is 25.7. The molecule has 0 bridgehead atoms. The van der Waals surface area contributed by atoms with Gasteiger partial charge >= 0.3 is 0 Å². The van der Waals surface area contributed by atoms with Crippen LogP contribution in [0.15, 0.2) is 109 Å². The number of ether oxygens (including phenoxy) is 2. The second-order valence-corrected chi connectivity index (χ2v) is 22.8. The molecule has 2 aliphatic heterocycles. The molecular formula is C60H81ClF3N3O3PPd-. The summed E-state index contributed by atoms with van der Waals surface area (Å²) in [5.41, 5.74) is 14.5. The third kappa shape index (κ3) is 24.3. The monoisotopic (exact) mass is 1120 g/mol. The van der Waals surface area contributed by atoms with E-state index in [1.54, 1.807) is 10.9 Å².